The van der Waals surface area contributed by atoms with Crippen LogP contribution in [0.15, 0.2) is 12.1 Å². The normalized spacial score (nSPS) is 23.7. The summed E-state index contributed by atoms with van der Waals surface area (Å²) < 4.78 is 13.8. The van der Waals surface area contributed by atoms with Crippen molar-refractivity contribution in [3.63, 3.8) is 0 Å². The third-order valence-electron chi connectivity index (χ3n) is 3.02. The highest BCUT2D eigenvalue weighted by molar-refractivity contribution is 6.09. The van der Waals surface area contributed by atoms with Gasteiger partial charge in [0.15, 0.2) is 0 Å². The Morgan fingerprint density at radius 3 is 2.73 bits per heavy atom. The van der Waals surface area contributed by atoms with Crippen LogP contribution in [-0.2, 0) is 6.42 Å². The van der Waals surface area contributed by atoms with E-state index in [4.69, 9.17) is 5.26 Å². The highest BCUT2D eigenvalue weighted by atomic mass is 19.1. The van der Waals surface area contributed by atoms with E-state index in [1.165, 1.54) is 6.07 Å². The van der Waals surface area contributed by atoms with E-state index in [0.717, 1.165) is 11.1 Å². The molecule has 0 amide bonds. The fourth-order valence-corrected chi connectivity index (χ4v) is 1.97. The third-order valence-corrected chi connectivity index (χ3v) is 3.02. The van der Waals surface area contributed by atoms with Crippen molar-refractivity contribution in [3.8, 4) is 6.07 Å². The molecule has 1 aromatic carbocycles. The molecule has 0 N–H and O–H groups in total. The number of fused-ring (bicyclic) bond motifs is 1. The quantitative estimate of drug-likeness (QED) is 0.649. The number of nitrogens with zero attached hydrogens (tertiary/aromatic N) is 1. The molecule has 1 aliphatic carbocycles. The van der Waals surface area contributed by atoms with Crippen molar-refractivity contribution in [2.75, 3.05) is 0 Å². The van der Waals surface area contributed by atoms with E-state index < -0.39 is 11.5 Å². The number of carbonyl (C=O) groups is 1. The molecule has 76 valence electrons. The van der Waals surface area contributed by atoms with E-state index >= 15 is 0 Å². The molecule has 0 saturated carbocycles. The topological polar surface area (TPSA) is 40.9 Å². The van der Waals surface area contributed by atoms with Crippen molar-refractivity contribution in [1.82, 2.24) is 0 Å². The SMILES string of the molecule is Cc1ccc2c(c1C)C(=O)[C@](F)(C#N)C2. The lowest BCUT2D eigenvalue weighted by Crippen LogP contribution is -2.28. The van der Waals surface area contributed by atoms with Gasteiger partial charge < -0.3 is 0 Å². The number of halogens is 1. The summed E-state index contributed by atoms with van der Waals surface area (Å²) in [5, 5.41) is 8.68. The molecule has 0 saturated heterocycles. The summed E-state index contributed by atoms with van der Waals surface area (Å²) in [5.74, 6) is -0.679. The fourth-order valence-electron chi connectivity index (χ4n) is 1.97. The maximum Gasteiger partial charge on any atom is 0.261 e. The molecule has 0 fully saturated rings. The third kappa shape index (κ3) is 1.18. The van der Waals surface area contributed by atoms with Gasteiger partial charge in [0.05, 0.1) is 0 Å². The minimum absolute atomic E-state index is 0.112. The van der Waals surface area contributed by atoms with E-state index in [2.05, 4.69) is 0 Å². The first-order valence-electron chi connectivity index (χ1n) is 4.73. The summed E-state index contributed by atoms with van der Waals surface area (Å²) in [5.41, 5.74) is 0.434. The number of alkyl halides is 1. The Kier molecular flexibility index (Phi) is 1.90. The van der Waals surface area contributed by atoms with Crippen molar-refractivity contribution in [3.05, 3.63) is 34.4 Å². The molecule has 3 heteroatoms. The Balaban J connectivity index is 2.67. The van der Waals surface area contributed by atoms with Gasteiger partial charge in [0.1, 0.15) is 6.07 Å². The number of rotatable bonds is 0. The van der Waals surface area contributed by atoms with Crippen LogP contribution >= 0.6 is 0 Å². The summed E-state index contributed by atoms with van der Waals surface area (Å²) in [7, 11) is 0. The second-order valence-corrected chi connectivity index (χ2v) is 3.96. The molecule has 0 radical (unpaired) electrons. The molecular formula is C12H10FNO. The second-order valence-electron chi connectivity index (χ2n) is 3.96. The first kappa shape index (κ1) is 9.85. The maximum atomic E-state index is 13.8. The van der Waals surface area contributed by atoms with Crippen LogP contribution in [0.5, 0.6) is 0 Å². The molecule has 0 heterocycles. The standard InChI is InChI=1S/C12H10FNO/c1-7-3-4-9-5-12(13,6-14)11(15)10(9)8(7)2/h3-4H,5H2,1-2H3/t12-/m1/s1. The molecule has 2 nitrogen and oxygen atoms in total. The summed E-state index contributed by atoms with van der Waals surface area (Å²) in [6, 6.07) is 5.05. The van der Waals surface area contributed by atoms with Crippen LogP contribution in [0.2, 0.25) is 0 Å². The minimum atomic E-state index is -2.35. The maximum absolute atomic E-state index is 13.8. The molecule has 0 bridgehead atoms. The second kappa shape index (κ2) is 2.90. The lowest BCUT2D eigenvalue weighted by atomic mass is 9.98. The van der Waals surface area contributed by atoms with Gasteiger partial charge in [-0.1, -0.05) is 12.1 Å². The van der Waals surface area contributed by atoms with Gasteiger partial charge in [0, 0.05) is 12.0 Å². The van der Waals surface area contributed by atoms with Gasteiger partial charge in [-0.25, -0.2) is 4.39 Å². The number of nitriles is 1. The van der Waals surface area contributed by atoms with Gasteiger partial charge in [-0.2, -0.15) is 5.26 Å². The lowest BCUT2D eigenvalue weighted by molar-refractivity contribution is 0.0819. The number of aryl methyl sites for hydroxylation is 1. The predicted molar refractivity (Wildman–Crippen MR) is 53.4 cm³/mol. The van der Waals surface area contributed by atoms with Gasteiger partial charge >= 0.3 is 0 Å². The average Bonchev–Trinajstić information content (AvgIpc) is 2.47. The Hall–Kier alpha value is -1.69. The van der Waals surface area contributed by atoms with E-state index in [0.29, 0.717) is 11.1 Å². The van der Waals surface area contributed by atoms with Crippen molar-refractivity contribution in [1.29, 1.82) is 5.26 Å². The molecule has 0 aromatic heterocycles. The van der Waals surface area contributed by atoms with Crippen molar-refractivity contribution in [2.45, 2.75) is 25.9 Å². The van der Waals surface area contributed by atoms with Crippen LogP contribution in [0, 0.1) is 25.2 Å². The summed E-state index contributed by atoms with van der Waals surface area (Å²) in [6.45, 7) is 3.66. The zero-order valence-electron chi connectivity index (χ0n) is 8.60. The lowest BCUT2D eigenvalue weighted by Gasteiger charge is -2.06. The van der Waals surface area contributed by atoms with E-state index in [-0.39, 0.29) is 6.42 Å². The molecule has 2 rings (SSSR count). The number of hydrogen-bond acceptors (Lipinski definition) is 2. The summed E-state index contributed by atoms with van der Waals surface area (Å²) in [4.78, 5) is 11.7. The zero-order valence-corrected chi connectivity index (χ0v) is 8.60. The monoisotopic (exact) mass is 203 g/mol. The van der Waals surface area contributed by atoms with Gasteiger partial charge in [0.2, 0.25) is 5.78 Å². The Morgan fingerprint density at radius 1 is 1.47 bits per heavy atom. The number of carbonyl (C=O) groups excluding carboxylic acids is 1. The Labute approximate surface area is 87.3 Å². The van der Waals surface area contributed by atoms with Gasteiger partial charge in [0.25, 0.3) is 5.67 Å². The first-order valence-corrected chi connectivity index (χ1v) is 4.73. The largest absolute Gasteiger partial charge is 0.289 e. The highest BCUT2D eigenvalue weighted by Crippen LogP contribution is 2.35. The molecule has 0 spiro atoms. The molecular weight excluding hydrogens is 193 g/mol. The minimum Gasteiger partial charge on any atom is -0.289 e. The average molecular weight is 203 g/mol. The molecule has 0 unspecified atom stereocenters. The molecule has 1 atom stereocenters. The van der Waals surface area contributed by atoms with Crippen molar-refractivity contribution < 1.29 is 9.18 Å². The highest BCUT2D eigenvalue weighted by Gasteiger charge is 2.47. The van der Waals surface area contributed by atoms with Crippen LogP contribution in [0.3, 0.4) is 0 Å². The van der Waals surface area contributed by atoms with E-state index in [1.54, 1.807) is 13.0 Å². The molecule has 1 aliphatic rings. The van der Waals surface area contributed by atoms with Crippen LogP contribution in [-0.4, -0.2) is 11.5 Å². The Bertz CT molecular complexity index is 501. The fraction of sp³-hybridized carbons (Fsp3) is 0.333. The zero-order chi connectivity index (χ0) is 11.2. The summed E-state index contributed by atoms with van der Waals surface area (Å²) >= 11 is 0. The molecule has 0 aliphatic heterocycles. The van der Waals surface area contributed by atoms with Gasteiger partial charge in [-0.05, 0) is 30.5 Å². The molecule has 15 heavy (non-hydrogen) atoms. The number of ketones is 1. The van der Waals surface area contributed by atoms with Crippen LogP contribution in [0.1, 0.15) is 27.0 Å². The van der Waals surface area contributed by atoms with Gasteiger partial charge in [-0.15, -0.1) is 0 Å². The first-order chi connectivity index (χ1) is 6.99. The smallest absolute Gasteiger partial charge is 0.261 e. The van der Waals surface area contributed by atoms with E-state index in [9.17, 15) is 9.18 Å². The van der Waals surface area contributed by atoms with Crippen molar-refractivity contribution >= 4 is 5.78 Å². The van der Waals surface area contributed by atoms with Crippen LogP contribution in [0.25, 0.3) is 0 Å². The van der Waals surface area contributed by atoms with Crippen molar-refractivity contribution in [2.24, 2.45) is 0 Å². The Morgan fingerprint density at radius 2 is 2.13 bits per heavy atom. The van der Waals surface area contributed by atoms with Crippen LogP contribution in [0.4, 0.5) is 4.39 Å². The van der Waals surface area contributed by atoms with Gasteiger partial charge in [-0.3, -0.25) is 4.79 Å². The summed E-state index contributed by atoms with van der Waals surface area (Å²) in [6.07, 6.45) is -0.112. The predicted octanol–water partition coefficient (Wildman–Crippen LogP) is 2.27. The van der Waals surface area contributed by atoms with Crippen LogP contribution < -0.4 is 0 Å². The number of hydrogen-bond donors (Lipinski definition) is 0. The molecule has 1 aromatic rings. The number of Topliss-reactive ketones (excluding diaryl/α,β-unsaturated/α-hetero) is 1. The van der Waals surface area contributed by atoms with E-state index in [1.807, 2.05) is 13.0 Å². The number of benzene rings is 1.